The molecule has 1 aliphatic heterocycles. The van der Waals surface area contributed by atoms with E-state index in [4.69, 9.17) is 14.5 Å². The monoisotopic (exact) mass is 383 g/mol. The smallest absolute Gasteiger partial charge is 0.497 e. The van der Waals surface area contributed by atoms with Crippen LogP contribution >= 0.6 is 0 Å². The van der Waals surface area contributed by atoms with Crippen molar-refractivity contribution in [2.45, 2.75) is 6.36 Å². The molecule has 140 valence electrons. The fourth-order valence-electron chi connectivity index (χ4n) is 3.51. The molecule has 0 N–H and O–H groups in total. The zero-order valence-electron chi connectivity index (χ0n) is 14.5. The number of aromatic nitrogens is 1. The number of pyridine rings is 1. The zero-order valence-corrected chi connectivity index (χ0v) is 14.5. The highest BCUT2D eigenvalue weighted by atomic mass is 19.4. The van der Waals surface area contributed by atoms with Crippen LogP contribution in [-0.4, -0.2) is 18.5 Å². The van der Waals surface area contributed by atoms with Crippen LogP contribution in [0.2, 0.25) is 0 Å². The number of benzene rings is 3. The maximum atomic E-state index is 12.6. The molecule has 0 spiro atoms. The van der Waals surface area contributed by atoms with E-state index in [9.17, 15) is 13.2 Å². The Kier molecular flexibility index (Phi) is 3.43. The third kappa shape index (κ3) is 2.58. The SMILES string of the molecule is COc1ccc2c(c1)nc1c3c(cccc32)Oc2ccc(OC(F)(F)F)cc2-1. The molecule has 0 saturated heterocycles. The first-order chi connectivity index (χ1) is 13.4. The number of hydrogen-bond acceptors (Lipinski definition) is 4. The molecule has 0 bridgehead atoms. The standard InChI is InChI=1S/C21H12F3NO3/c1-26-11-5-7-13-14-3-2-4-18-19(14)20(25-16(13)10-11)15-9-12(28-21(22,23)24)6-8-17(15)27-18/h2-10H,1H3. The Morgan fingerprint density at radius 1 is 0.893 bits per heavy atom. The Bertz CT molecular complexity index is 1250. The summed E-state index contributed by atoms with van der Waals surface area (Å²) >= 11 is 0. The Balaban J connectivity index is 1.82. The molecule has 0 atom stereocenters. The van der Waals surface area contributed by atoms with Crippen LogP contribution in [0.3, 0.4) is 0 Å². The topological polar surface area (TPSA) is 40.6 Å². The molecule has 3 aromatic carbocycles. The summed E-state index contributed by atoms with van der Waals surface area (Å²) < 4.78 is 53.2. The first-order valence-electron chi connectivity index (χ1n) is 8.41. The van der Waals surface area contributed by atoms with Crippen LogP contribution in [0.1, 0.15) is 0 Å². The van der Waals surface area contributed by atoms with Crippen molar-refractivity contribution in [1.29, 1.82) is 0 Å². The number of alkyl halides is 3. The number of methoxy groups -OCH3 is 1. The lowest BCUT2D eigenvalue weighted by Gasteiger charge is -2.22. The third-order valence-electron chi connectivity index (χ3n) is 4.65. The minimum atomic E-state index is -4.78. The van der Waals surface area contributed by atoms with Crippen molar-refractivity contribution in [1.82, 2.24) is 4.98 Å². The van der Waals surface area contributed by atoms with Gasteiger partial charge in [-0.3, -0.25) is 0 Å². The molecule has 0 fully saturated rings. The number of ether oxygens (including phenoxy) is 3. The number of nitrogens with zero attached hydrogens (tertiary/aromatic N) is 1. The van der Waals surface area contributed by atoms with Gasteiger partial charge in [0.1, 0.15) is 23.0 Å². The van der Waals surface area contributed by atoms with Crippen molar-refractivity contribution in [3.05, 3.63) is 54.6 Å². The normalized spacial score (nSPS) is 12.6. The van der Waals surface area contributed by atoms with E-state index < -0.39 is 6.36 Å². The van der Waals surface area contributed by atoms with Gasteiger partial charge in [0.25, 0.3) is 0 Å². The lowest BCUT2D eigenvalue weighted by atomic mass is 9.96. The van der Waals surface area contributed by atoms with Crippen molar-refractivity contribution in [3.8, 4) is 34.3 Å². The van der Waals surface area contributed by atoms with E-state index in [2.05, 4.69) is 4.74 Å². The van der Waals surface area contributed by atoms with Gasteiger partial charge in [-0.15, -0.1) is 13.2 Å². The van der Waals surface area contributed by atoms with Crippen LogP contribution < -0.4 is 14.2 Å². The fourth-order valence-corrected chi connectivity index (χ4v) is 3.51. The fraction of sp³-hybridized carbons (Fsp3) is 0.0952. The molecular formula is C21H12F3NO3. The second kappa shape index (κ2) is 5.76. The Morgan fingerprint density at radius 3 is 2.50 bits per heavy atom. The summed E-state index contributed by atoms with van der Waals surface area (Å²) in [5, 5.41) is 2.54. The summed E-state index contributed by atoms with van der Waals surface area (Å²) in [5.74, 6) is 1.35. The molecule has 1 aromatic heterocycles. The molecule has 7 heteroatoms. The largest absolute Gasteiger partial charge is 0.573 e. The lowest BCUT2D eigenvalue weighted by Crippen LogP contribution is -2.17. The van der Waals surface area contributed by atoms with E-state index in [1.807, 2.05) is 30.3 Å². The van der Waals surface area contributed by atoms with E-state index in [0.29, 0.717) is 34.0 Å². The molecule has 0 amide bonds. The minimum absolute atomic E-state index is 0.324. The zero-order chi connectivity index (χ0) is 19.5. The van der Waals surface area contributed by atoms with E-state index in [0.717, 1.165) is 16.2 Å². The Labute approximate surface area is 157 Å². The average Bonchev–Trinajstić information content (AvgIpc) is 2.67. The Hall–Kier alpha value is -3.48. The quantitative estimate of drug-likeness (QED) is 0.347. The number of halogens is 3. The van der Waals surface area contributed by atoms with Crippen molar-refractivity contribution in [2.24, 2.45) is 0 Å². The molecular weight excluding hydrogens is 371 g/mol. The minimum Gasteiger partial charge on any atom is -0.497 e. The van der Waals surface area contributed by atoms with Gasteiger partial charge in [-0.05, 0) is 41.8 Å². The predicted molar refractivity (Wildman–Crippen MR) is 98.0 cm³/mol. The van der Waals surface area contributed by atoms with E-state index in [1.165, 1.54) is 18.2 Å². The summed E-state index contributed by atoms with van der Waals surface area (Å²) in [4.78, 5) is 4.72. The molecule has 0 radical (unpaired) electrons. The van der Waals surface area contributed by atoms with Gasteiger partial charge >= 0.3 is 6.36 Å². The van der Waals surface area contributed by atoms with E-state index in [-0.39, 0.29) is 5.75 Å². The summed E-state index contributed by atoms with van der Waals surface area (Å²) in [6.45, 7) is 0. The van der Waals surface area contributed by atoms with Gasteiger partial charge in [0, 0.05) is 17.0 Å². The first kappa shape index (κ1) is 16.7. The van der Waals surface area contributed by atoms with Crippen LogP contribution in [0.4, 0.5) is 13.2 Å². The maximum absolute atomic E-state index is 12.6. The van der Waals surface area contributed by atoms with Crippen LogP contribution in [0.15, 0.2) is 54.6 Å². The van der Waals surface area contributed by atoms with Crippen LogP contribution in [0.5, 0.6) is 23.0 Å². The predicted octanol–water partition coefficient (Wildman–Crippen LogP) is 6.07. The third-order valence-corrected chi connectivity index (χ3v) is 4.65. The highest BCUT2D eigenvalue weighted by Gasteiger charge is 2.32. The highest BCUT2D eigenvalue weighted by molar-refractivity contribution is 6.14. The number of hydrogen-bond donors (Lipinski definition) is 0. The molecule has 4 aromatic rings. The summed E-state index contributed by atoms with van der Waals surface area (Å²) in [7, 11) is 1.56. The molecule has 0 aliphatic carbocycles. The van der Waals surface area contributed by atoms with Gasteiger partial charge in [0.15, 0.2) is 0 Å². The molecule has 4 nitrogen and oxygen atoms in total. The highest BCUT2D eigenvalue weighted by Crippen LogP contribution is 2.48. The van der Waals surface area contributed by atoms with Crippen molar-refractivity contribution < 1.29 is 27.4 Å². The number of rotatable bonds is 2. The lowest BCUT2D eigenvalue weighted by molar-refractivity contribution is -0.274. The van der Waals surface area contributed by atoms with Crippen LogP contribution in [0, 0.1) is 0 Å². The summed E-state index contributed by atoms with van der Waals surface area (Å²) in [6.07, 6.45) is -4.78. The number of fused-ring (bicyclic) bond motifs is 4. The Morgan fingerprint density at radius 2 is 1.71 bits per heavy atom. The first-order valence-corrected chi connectivity index (χ1v) is 8.41. The van der Waals surface area contributed by atoms with E-state index in [1.54, 1.807) is 13.2 Å². The van der Waals surface area contributed by atoms with E-state index >= 15 is 0 Å². The average molecular weight is 383 g/mol. The van der Waals surface area contributed by atoms with Gasteiger partial charge in [-0.2, -0.15) is 0 Å². The van der Waals surface area contributed by atoms with Crippen LogP contribution in [-0.2, 0) is 0 Å². The maximum Gasteiger partial charge on any atom is 0.573 e. The van der Waals surface area contributed by atoms with Gasteiger partial charge in [-0.25, -0.2) is 4.98 Å². The second-order valence-corrected chi connectivity index (χ2v) is 6.33. The molecule has 0 saturated carbocycles. The van der Waals surface area contributed by atoms with Gasteiger partial charge in [-0.1, -0.05) is 12.1 Å². The molecule has 28 heavy (non-hydrogen) atoms. The molecule has 2 heterocycles. The van der Waals surface area contributed by atoms with Crippen molar-refractivity contribution >= 4 is 21.7 Å². The summed E-state index contributed by atoms with van der Waals surface area (Å²) in [6, 6.07) is 15.1. The summed E-state index contributed by atoms with van der Waals surface area (Å²) in [5.41, 5.74) is 1.66. The van der Waals surface area contributed by atoms with Gasteiger partial charge in [0.2, 0.25) is 0 Å². The molecule has 5 rings (SSSR count). The second-order valence-electron chi connectivity index (χ2n) is 6.33. The van der Waals surface area contributed by atoms with Crippen molar-refractivity contribution in [3.63, 3.8) is 0 Å². The van der Waals surface area contributed by atoms with Gasteiger partial charge in [0.05, 0.1) is 23.7 Å². The van der Waals surface area contributed by atoms with Crippen LogP contribution in [0.25, 0.3) is 32.9 Å². The molecule has 1 aliphatic rings. The van der Waals surface area contributed by atoms with Crippen molar-refractivity contribution in [2.75, 3.05) is 7.11 Å². The van der Waals surface area contributed by atoms with Gasteiger partial charge < -0.3 is 14.2 Å². The molecule has 0 unspecified atom stereocenters.